The minimum Gasteiger partial charge on any atom is -0.481 e. The lowest BCUT2D eigenvalue weighted by atomic mass is 9.92. The molecule has 0 aromatic carbocycles. The van der Waals surface area contributed by atoms with Gasteiger partial charge in [-0.1, -0.05) is 11.6 Å². The summed E-state index contributed by atoms with van der Waals surface area (Å²) in [4.78, 5) is 27.1. The van der Waals surface area contributed by atoms with Crippen LogP contribution in [0.5, 0.6) is 0 Å². The van der Waals surface area contributed by atoms with Gasteiger partial charge in [-0.05, 0) is 25.2 Å². The number of anilines is 1. The highest BCUT2D eigenvalue weighted by Crippen LogP contribution is 2.32. The van der Waals surface area contributed by atoms with Gasteiger partial charge in [0.05, 0.1) is 9.95 Å². The highest BCUT2D eigenvalue weighted by Gasteiger charge is 2.26. The highest BCUT2D eigenvalue weighted by molar-refractivity contribution is 6.30. The van der Waals surface area contributed by atoms with Crippen molar-refractivity contribution >= 4 is 29.1 Å². The van der Waals surface area contributed by atoms with Gasteiger partial charge in [-0.25, -0.2) is 4.98 Å². The van der Waals surface area contributed by atoms with Crippen molar-refractivity contribution in [2.75, 3.05) is 18.0 Å². The van der Waals surface area contributed by atoms with Crippen LogP contribution in [-0.2, 0) is 4.79 Å². The van der Waals surface area contributed by atoms with Crippen molar-refractivity contribution in [1.29, 1.82) is 0 Å². The normalized spacial score (nSPS) is 16.0. The Morgan fingerprint density at radius 1 is 1.52 bits per heavy atom. The number of rotatable bonds is 5. The standard InChI is InChI=1S/C13H16ClN3O4/c14-10-7-11(17(20)21)13(15-8-10)16-5-3-9(4-6-16)1-2-12(18)19/h7-9H,1-6H2,(H,18,19). The maximum absolute atomic E-state index is 11.1. The Hall–Kier alpha value is -1.89. The second kappa shape index (κ2) is 6.71. The fourth-order valence-corrected chi connectivity index (χ4v) is 2.71. The number of nitro groups is 1. The van der Waals surface area contributed by atoms with E-state index < -0.39 is 10.9 Å². The third-order valence-electron chi connectivity index (χ3n) is 3.69. The molecular weight excluding hydrogens is 298 g/mol. The van der Waals surface area contributed by atoms with Crippen molar-refractivity contribution in [3.63, 3.8) is 0 Å². The lowest BCUT2D eigenvalue weighted by Crippen LogP contribution is -2.34. The molecule has 1 fully saturated rings. The number of halogens is 1. The Morgan fingerprint density at radius 3 is 2.76 bits per heavy atom. The largest absolute Gasteiger partial charge is 0.481 e. The molecule has 0 atom stereocenters. The van der Waals surface area contributed by atoms with Crippen LogP contribution in [0.1, 0.15) is 25.7 Å². The fourth-order valence-electron chi connectivity index (χ4n) is 2.56. The van der Waals surface area contributed by atoms with Gasteiger partial charge in [0.25, 0.3) is 0 Å². The first-order valence-corrected chi connectivity index (χ1v) is 7.12. The van der Waals surface area contributed by atoms with Crippen molar-refractivity contribution in [2.45, 2.75) is 25.7 Å². The van der Waals surface area contributed by atoms with Crippen LogP contribution in [0.4, 0.5) is 11.5 Å². The van der Waals surface area contributed by atoms with Gasteiger partial charge in [0, 0.05) is 31.8 Å². The monoisotopic (exact) mass is 313 g/mol. The minimum atomic E-state index is -0.785. The summed E-state index contributed by atoms with van der Waals surface area (Å²) in [5.74, 6) is -0.0998. The number of aliphatic carboxylic acids is 1. The Morgan fingerprint density at radius 2 is 2.19 bits per heavy atom. The van der Waals surface area contributed by atoms with Crippen molar-refractivity contribution in [1.82, 2.24) is 4.98 Å². The molecule has 7 nitrogen and oxygen atoms in total. The topological polar surface area (TPSA) is 96.6 Å². The van der Waals surface area contributed by atoms with Gasteiger partial charge in [-0.3, -0.25) is 14.9 Å². The second-order valence-corrected chi connectivity index (χ2v) is 5.55. The van der Waals surface area contributed by atoms with Crippen molar-refractivity contribution in [2.24, 2.45) is 5.92 Å². The number of carboxylic acid groups (broad SMARTS) is 1. The molecule has 21 heavy (non-hydrogen) atoms. The molecule has 1 aliphatic rings. The summed E-state index contributed by atoms with van der Waals surface area (Å²) in [5.41, 5.74) is -0.0912. The summed E-state index contributed by atoms with van der Waals surface area (Å²) in [7, 11) is 0. The fraction of sp³-hybridized carbons (Fsp3) is 0.538. The first-order chi connectivity index (χ1) is 9.97. The van der Waals surface area contributed by atoms with Gasteiger partial charge in [0.1, 0.15) is 0 Å². The van der Waals surface area contributed by atoms with Crippen LogP contribution in [0, 0.1) is 16.0 Å². The molecule has 1 aromatic heterocycles. The maximum atomic E-state index is 11.1. The smallest absolute Gasteiger partial charge is 0.313 e. The van der Waals surface area contributed by atoms with Crippen molar-refractivity contribution in [3.05, 3.63) is 27.4 Å². The quantitative estimate of drug-likeness (QED) is 0.663. The Bertz CT molecular complexity index is 544. The third kappa shape index (κ3) is 4.04. The predicted octanol–water partition coefficient (Wildman–Crippen LogP) is 2.72. The zero-order valence-corrected chi connectivity index (χ0v) is 12.1. The summed E-state index contributed by atoms with van der Waals surface area (Å²) in [6.07, 6.45) is 3.85. The summed E-state index contributed by atoms with van der Waals surface area (Å²) in [5, 5.41) is 20.0. The van der Waals surface area contributed by atoms with E-state index in [0.717, 1.165) is 12.8 Å². The lowest BCUT2D eigenvalue weighted by molar-refractivity contribution is -0.384. The van der Waals surface area contributed by atoms with Gasteiger partial charge < -0.3 is 10.0 Å². The van der Waals surface area contributed by atoms with Gasteiger partial charge >= 0.3 is 11.7 Å². The van der Waals surface area contributed by atoms with Gasteiger partial charge in [0.15, 0.2) is 0 Å². The van der Waals surface area contributed by atoms with Gasteiger partial charge in [0.2, 0.25) is 5.82 Å². The third-order valence-corrected chi connectivity index (χ3v) is 3.90. The molecule has 8 heteroatoms. The predicted molar refractivity (Wildman–Crippen MR) is 77.7 cm³/mol. The van der Waals surface area contributed by atoms with E-state index >= 15 is 0 Å². The Kier molecular flexibility index (Phi) is 4.95. The minimum absolute atomic E-state index is 0.0912. The molecule has 2 rings (SSSR count). The van der Waals surface area contributed by atoms with Crippen LogP contribution in [0.2, 0.25) is 5.02 Å². The molecule has 1 aliphatic heterocycles. The van der Waals surface area contributed by atoms with Crippen LogP contribution in [0.25, 0.3) is 0 Å². The zero-order valence-electron chi connectivity index (χ0n) is 11.4. The zero-order chi connectivity index (χ0) is 15.4. The van der Waals surface area contributed by atoms with E-state index in [2.05, 4.69) is 4.98 Å². The summed E-state index contributed by atoms with van der Waals surface area (Å²) >= 11 is 5.75. The first-order valence-electron chi connectivity index (χ1n) is 6.74. The number of aromatic nitrogens is 1. The van der Waals surface area contributed by atoms with Crippen LogP contribution in [-0.4, -0.2) is 34.1 Å². The first kappa shape index (κ1) is 15.5. The molecule has 0 bridgehead atoms. The number of carboxylic acids is 1. The van der Waals surface area contributed by atoms with Crippen molar-refractivity contribution < 1.29 is 14.8 Å². The van der Waals surface area contributed by atoms with E-state index in [1.165, 1.54) is 12.3 Å². The van der Waals surface area contributed by atoms with Crippen LogP contribution >= 0.6 is 11.6 Å². The average molecular weight is 314 g/mol. The van der Waals surface area contributed by atoms with E-state index in [1.54, 1.807) is 0 Å². The lowest BCUT2D eigenvalue weighted by Gasteiger charge is -2.32. The molecule has 1 aromatic rings. The Balaban J connectivity index is 2.02. The van der Waals surface area contributed by atoms with Crippen LogP contribution < -0.4 is 4.90 Å². The molecule has 114 valence electrons. The van der Waals surface area contributed by atoms with E-state index in [0.29, 0.717) is 31.2 Å². The number of hydrogen-bond acceptors (Lipinski definition) is 5. The molecule has 0 unspecified atom stereocenters. The number of carbonyl (C=O) groups is 1. The molecular formula is C13H16ClN3O4. The second-order valence-electron chi connectivity index (χ2n) is 5.12. The summed E-state index contributed by atoms with van der Waals surface area (Å²) in [6.45, 7) is 1.28. The molecule has 1 N–H and O–H groups in total. The van der Waals surface area contributed by atoms with Crippen molar-refractivity contribution in [3.8, 4) is 0 Å². The molecule has 0 aliphatic carbocycles. The number of piperidine rings is 1. The van der Waals surface area contributed by atoms with Crippen LogP contribution in [0.15, 0.2) is 12.3 Å². The molecule has 0 spiro atoms. The number of nitrogens with zero attached hydrogens (tertiary/aromatic N) is 3. The van der Waals surface area contributed by atoms with Crippen LogP contribution in [0.3, 0.4) is 0 Å². The molecule has 1 saturated heterocycles. The number of pyridine rings is 1. The Labute approximate surface area is 126 Å². The molecule has 0 saturated carbocycles. The van der Waals surface area contributed by atoms with E-state index in [4.69, 9.17) is 16.7 Å². The molecule has 0 amide bonds. The number of hydrogen-bond donors (Lipinski definition) is 1. The SMILES string of the molecule is O=C(O)CCC1CCN(c2ncc(Cl)cc2[N+](=O)[O-])CC1. The van der Waals surface area contributed by atoms with Gasteiger partial charge in [-0.15, -0.1) is 0 Å². The molecule has 0 radical (unpaired) electrons. The van der Waals surface area contributed by atoms with E-state index in [-0.39, 0.29) is 17.1 Å². The summed E-state index contributed by atoms with van der Waals surface area (Å²) < 4.78 is 0. The van der Waals surface area contributed by atoms with Gasteiger partial charge in [-0.2, -0.15) is 0 Å². The molecule has 2 heterocycles. The highest BCUT2D eigenvalue weighted by atomic mass is 35.5. The maximum Gasteiger partial charge on any atom is 0.313 e. The summed E-state index contributed by atoms with van der Waals surface area (Å²) in [6, 6.07) is 1.31. The average Bonchev–Trinajstić information content (AvgIpc) is 2.45. The van der Waals surface area contributed by atoms with E-state index in [1.807, 2.05) is 4.90 Å². The van der Waals surface area contributed by atoms with E-state index in [9.17, 15) is 14.9 Å².